The predicted molar refractivity (Wildman–Crippen MR) is 51.6 cm³/mol. The van der Waals surface area contributed by atoms with E-state index in [-0.39, 0.29) is 5.92 Å². The van der Waals surface area contributed by atoms with Gasteiger partial charge in [-0.05, 0) is 19.8 Å². The molecule has 1 aliphatic heterocycles. The second kappa shape index (κ2) is 3.88. The Balaban J connectivity index is 1.96. The first kappa shape index (κ1) is 9.95. The number of hydrogen-bond donors (Lipinski definition) is 1. The van der Waals surface area contributed by atoms with Gasteiger partial charge < -0.3 is 14.5 Å². The minimum absolute atomic E-state index is 0.231. The molecule has 1 saturated heterocycles. The standard InChI is InChI=1S/C9H13N3O3/c1-6-10-9(15-11-6)12-4-2-7(3-5-12)8(13)14/h7H,2-5H2,1H3,(H,13,14). The van der Waals surface area contributed by atoms with Crippen LogP contribution in [0.3, 0.4) is 0 Å². The van der Waals surface area contributed by atoms with Gasteiger partial charge in [0, 0.05) is 13.1 Å². The van der Waals surface area contributed by atoms with Crippen molar-refractivity contribution in [3.63, 3.8) is 0 Å². The molecule has 0 unspecified atom stereocenters. The van der Waals surface area contributed by atoms with Crippen molar-refractivity contribution >= 4 is 12.0 Å². The summed E-state index contributed by atoms with van der Waals surface area (Å²) in [5.74, 6) is -0.341. The van der Waals surface area contributed by atoms with Crippen LogP contribution in [0.5, 0.6) is 0 Å². The molecular weight excluding hydrogens is 198 g/mol. The summed E-state index contributed by atoms with van der Waals surface area (Å²) in [5, 5.41) is 12.5. The van der Waals surface area contributed by atoms with Crippen LogP contribution in [0.2, 0.25) is 0 Å². The van der Waals surface area contributed by atoms with Crippen LogP contribution < -0.4 is 4.90 Å². The van der Waals surface area contributed by atoms with Crippen molar-refractivity contribution in [3.8, 4) is 0 Å². The zero-order valence-corrected chi connectivity index (χ0v) is 8.51. The van der Waals surface area contributed by atoms with E-state index < -0.39 is 5.97 Å². The van der Waals surface area contributed by atoms with E-state index in [2.05, 4.69) is 10.1 Å². The Morgan fingerprint density at radius 3 is 2.67 bits per heavy atom. The second-order valence-electron chi connectivity index (χ2n) is 3.72. The number of aromatic nitrogens is 2. The fraction of sp³-hybridized carbons (Fsp3) is 0.667. The Kier molecular flexibility index (Phi) is 2.57. The summed E-state index contributed by atoms with van der Waals surface area (Å²) in [4.78, 5) is 16.8. The molecule has 1 aromatic rings. The topological polar surface area (TPSA) is 79.5 Å². The van der Waals surface area contributed by atoms with E-state index in [4.69, 9.17) is 9.63 Å². The van der Waals surface area contributed by atoms with Gasteiger partial charge in [-0.3, -0.25) is 4.79 Å². The third-order valence-corrected chi connectivity index (χ3v) is 2.63. The van der Waals surface area contributed by atoms with Crippen LogP contribution >= 0.6 is 0 Å². The summed E-state index contributed by atoms with van der Waals surface area (Å²) >= 11 is 0. The maximum Gasteiger partial charge on any atom is 0.324 e. The highest BCUT2D eigenvalue weighted by Gasteiger charge is 2.26. The summed E-state index contributed by atoms with van der Waals surface area (Å²) in [7, 11) is 0. The van der Waals surface area contributed by atoms with Crippen molar-refractivity contribution in [2.45, 2.75) is 19.8 Å². The lowest BCUT2D eigenvalue weighted by Crippen LogP contribution is -2.36. The number of carboxylic acids is 1. The molecule has 1 N–H and O–H groups in total. The molecule has 1 aliphatic rings. The smallest absolute Gasteiger partial charge is 0.324 e. The summed E-state index contributed by atoms with van der Waals surface area (Å²) in [6.07, 6.45) is 1.27. The van der Waals surface area contributed by atoms with Gasteiger partial charge in [0.1, 0.15) is 0 Å². The van der Waals surface area contributed by atoms with Gasteiger partial charge in [-0.2, -0.15) is 4.98 Å². The number of aliphatic carboxylic acids is 1. The number of carboxylic acid groups (broad SMARTS) is 1. The van der Waals surface area contributed by atoms with Crippen LogP contribution in [0, 0.1) is 12.8 Å². The fourth-order valence-electron chi connectivity index (χ4n) is 1.73. The number of rotatable bonds is 2. The van der Waals surface area contributed by atoms with Crippen LogP contribution in [-0.2, 0) is 4.79 Å². The lowest BCUT2D eigenvalue weighted by atomic mass is 9.97. The number of hydrogen-bond acceptors (Lipinski definition) is 5. The summed E-state index contributed by atoms with van der Waals surface area (Å²) < 4.78 is 5.02. The first-order valence-corrected chi connectivity index (χ1v) is 4.95. The Hall–Kier alpha value is -1.59. The molecule has 2 heterocycles. The van der Waals surface area contributed by atoms with E-state index in [0.717, 1.165) is 0 Å². The molecule has 2 rings (SSSR count). The second-order valence-corrected chi connectivity index (χ2v) is 3.72. The van der Waals surface area contributed by atoms with Gasteiger partial charge in [0.2, 0.25) is 0 Å². The number of anilines is 1. The molecule has 0 aromatic carbocycles. The molecule has 6 heteroatoms. The minimum Gasteiger partial charge on any atom is -0.481 e. The fourth-order valence-corrected chi connectivity index (χ4v) is 1.73. The van der Waals surface area contributed by atoms with Crippen LogP contribution in [-0.4, -0.2) is 34.3 Å². The third-order valence-electron chi connectivity index (χ3n) is 2.63. The average Bonchev–Trinajstić information content (AvgIpc) is 2.65. The van der Waals surface area contributed by atoms with Gasteiger partial charge in [-0.25, -0.2) is 0 Å². The van der Waals surface area contributed by atoms with Gasteiger partial charge in [0.25, 0.3) is 0 Å². The molecule has 0 amide bonds. The van der Waals surface area contributed by atoms with Gasteiger partial charge in [0.05, 0.1) is 5.92 Å². The molecule has 15 heavy (non-hydrogen) atoms. The Morgan fingerprint density at radius 1 is 1.53 bits per heavy atom. The largest absolute Gasteiger partial charge is 0.481 e. The van der Waals surface area contributed by atoms with E-state index in [9.17, 15) is 4.79 Å². The molecule has 1 aromatic heterocycles. The molecule has 82 valence electrons. The summed E-state index contributed by atoms with van der Waals surface area (Å²) in [6.45, 7) is 3.09. The van der Waals surface area contributed by atoms with Crippen molar-refractivity contribution in [2.24, 2.45) is 5.92 Å². The van der Waals surface area contributed by atoms with Crippen LogP contribution in [0.1, 0.15) is 18.7 Å². The molecular formula is C9H13N3O3. The first-order chi connectivity index (χ1) is 7.16. The maximum absolute atomic E-state index is 10.7. The number of nitrogens with zero attached hydrogens (tertiary/aromatic N) is 3. The van der Waals surface area contributed by atoms with Crippen LogP contribution in [0.4, 0.5) is 6.01 Å². The van der Waals surface area contributed by atoms with Crippen molar-refractivity contribution in [1.29, 1.82) is 0 Å². The molecule has 0 spiro atoms. The van der Waals surface area contributed by atoms with E-state index >= 15 is 0 Å². The minimum atomic E-state index is -0.712. The highest BCUT2D eigenvalue weighted by molar-refractivity contribution is 5.70. The third kappa shape index (κ3) is 2.08. The van der Waals surface area contributed by atoms with Gasteiger partial charge in [-0.15, -0.1) is 0 Å². The molecule has 0 atom stereocenters. The van der Waals surface area contributed by atoms with Crippen molar-refractivity contribution in [1.82, 2.24) is 10.1 Å². The highest BCUT2D eigenvalue weighted by Crippen LogP contribution is 2.21. The Bertz CT molecular complexity index is 355. The van der Waals surface area contributed by atoms with Crippen LogP contribution in [0.15, 0.2) is 4.52 Å². The van der Waals surface area contributed by atoms with Crippen molar-refractivity contribution in [2.75, 3.05) is 18.0 Å². The highest BCUT2D eigenvalue weighted by atomic mass is 16.5. The van der Waals surface area contributed by atoms with Crippen molar-refractivity contribution < 1.29 is 14.4 Å². The van der Waals surface area contributed by atoms with E-state index in [1.807, 2.05) is 4.90 Å². The zero-order valence-electron chi connectivity index (χ0n) is 8.51. The maximum atomic E-state index is 10.7. The molecule has 0 radical (unpaired) electrons. The van der Waals surface area contributed by atoms with Gasteiger partial charge >= 0.3 is 12.0 Å². The zero-order chi connectivity index (χ0) is 10.8. The quantitative estimate of drug-likeness (QED) is 0.774. The number of carbonyl (C=O) groups is 1. The first-order valence-electron chi connectivity index (χ1n) is 4.95. The molecule has 0 bridgehead atoms. The van der Waals surface area contributed by atoms with Crippen molar-refractivity contribution in [3.05, 3.63) is 5.82 Å². The Labute approximate surface area is 86.9 Å². The molecule has 0 aliphatic carbocycles. The van der Waals surface area contributed by atoms with E-state index in [1.165, 1.54) is 0 Å². The lowest BCUT2D eigenvalue weighted by molar-refractivity contribution is -0.142. The SMILES string of the molecule is Cc1noc(N2CCC(C(=O)O)CC2)n1. The predicted octanol–water partition coefficient (Wildman–Crippen LogP) is 0.679. The van der Waals surface area contributed by atoms with E-state index in [1.54, 1.807) is 6.92 Å². The monoisotopic (exact) mass is 211 g/mol. The van der Waals surface area contributed by atoms with Gasteiger partial charge in [0.15, 0.2) is 5.82 Å². The molecule has 1 fully saturated rings. The van der Waals surface area contributed by atoms with Gasteiger partial charge in [-0.1, -0.05) is 5.16 Å². The molecule has 6 nitrogen and oxygen atoms in total. The number of piperidine rings is 1. The lowest BCUT2D eigenvalue weighted by Gasteiger charge is -2.28. The Morgan fingerprint density at radius 2 is 2.20 bits per heavy atom. The summed E-state index contributed by atoms with van der Waals surface area (Å²) in [6, 6.07) is 0.497. The average molecular weight is 211 g/mol. The van der Waals surface area contributed by atoms with E-state index in [0.29, 0.717) is 37.8 Å². The molecule has 0 saturated carbocycles. The van der Waals surface area contributed by atoms with Crippen LogP contribution in [0.25, 0.3) is 0 Å². The summed E-state index contributed by atoms with van der Waals surface area (Å²) in [5.41, 5.74) is 0. The normalized spacial score (nSPS) is 18.1. The number of aryl methyl sites for hydroxylation is 1.